The van der Waals surface area contributed by atoms with Crippen LogP contribution in [0.4, 0.5) is 5.69 Å². The zero-order valence-electron chi connectivity index (χ0n) is 15.3. The van der Waals surface area contributed by atoms with Crippen LogP contribution < -0.4 is 14.8 Å². The van der Waals surface area contributed by atoms with E-state index in [1.54, 1.807) is 50.7 Å². The molecule has 0 saturated heterocycles. The zero-order chi connectivity index (χ0) is 19.5. The van der Waals surface area contributed by atoms with E-state index in [-0.39, 0.29) is 11.6 Å². The van der Waals surface area contributed by atoms with E-state index in [1.807, 2.05) is 24.3 Å². The second kappa shape index (κ2) is 7.40. The number of para-hydroxylation sites is 1. The van der Waals surface area contributed by atoms with E-state index >= 15 is 0 Å². The van der Waals surface area contributed by atoms with E-state index in [9.17, 15) is 4.79 Å². The van der Waals surface area contributed by atoms with Gasteiger partial charge in [0, 0.05) is 23.2 Å². The van der Waals surface area contributed by atoms with Crippen molar-refractivity contribution in [2.24, 2.45) is 0 Å². The highest BCUT2D eigenvalue weighted by molar-refractivity contribution is 6.07. The predicted octanol–water partition coefficient (Wildman–Crippen LogP) is 4.16. The monoisotopic (exact) mass is 375 g/mol. The zero-order valence-corrected chi connectivity index (χ0v) is 15.3. The van der Waals surface area contributed by atoms with E-state index in [2.05, 4.69) is 15.5 Å². The molecule has 2 heterocycles. The van der Waals surface area contributed by atoms with Crippen LogP contribution in [0.5, 0.6) is 11.5 Å². The lowest BCUT2D eigenvalue weighted by Crippen LogP contribution is -2.12. The van der Waals surface area contributed by atoms with Crippen LogP contribution in [0.15, 0.2) is 65.3 Å². The van der Waals surface area contributed by atoms with Crippen molar-refractivity contribution in [1.82, 2.24) is 10.1 Å². The van der Waals surface area contributed by atoms with Gasteiger partial charge in [0.05, 0.1) is 25.4 Å². The largest absolute Gasteiger partial charge is 0.493 e. The number of hydrogen-bond donors (Lipinski definition) is 1. The van der Waals surface area contributed by atoms with E-state index in [1.165, 1.54) is 0 Å². The third kappa shape index (κ3) is 3.25. The quantitative estimate of drug-likeness (QED) is 0.564. The lowest BCUT2D eigenvalue weighted by molar-refractivity contribution is 0.101. The molecule has 0 radical (unpaired) electrons. The Bertz CT molecular complexity index is 1150. The number of fused-ring (bicyclic) bond motifs is 1. The van der Waals surface area contributed by atoms with Crippen LogP contribution in [0.25, 0.3) is 22.2 Å². The molecule has 140 valence electrons. The van der Waals surface area contributed by atoms with Crippen molar-refractivity contribution in [3.63, 3.8) is 0 Å². The molecule has 0 spiro atoms. The minimum absolute atomic E-state index is 0.165. The second-order valence-electron chi connectivity index (χ2n) is 5.98. The average Bonchev–Trinajstić information content (AvgIpc) is 3.24. The average molecular weight is 375 g/mol. The van der Waals surface area contributed by atoms with Crippen molar-refractivity contribution in [2.75, 3.05) is 19.5 Å². The SMILES string of the molecule is COc1ccc(-c2cc(C(=O)Nc3cccc4cccnc34)no2)cc1OC. The summed E-state index contributed by atoms with van der Waals surface area (Å²) < 4.78 is 15.9. The molecule has 0 aliphatic carbocycles. The maximum Gasteiger partial charge on any atom is 0.277 e. The van der Waals surface area contributed by atoms with Gasteiger partial charge in [-0.2, -0.15) is 0 Å². The van der Waals surface area contributed by atoms with Gasteiger partial charge in [-0.1, -0.05) is 23.4 Å². The maximum absolute atomic E-state index is 12.6. The van der Waals surface area contributed by atoms with Crippen molar-refractivity contribution in [1.29, 1.82) is 0 Å². The van der Waals surface area contributed by atoms with Crippen molar-refractivity contribution in [3.8, 4) is 22.8 Å². The Hall–Kier alpha value is -3.87. The number of anilines is 1. The van der Waals surface area contributed by atoms with Crippen LogP contribution in [0.2, 0.25) is 0 Å². The number of pyridine rings is 1. The summed E-state index contributed by atoms with van der Waals surface area (Å²) in [7, 11) is 3.12. The minimum Gasteiger partial charge on any atom is -0.493 e. The molecule has 7 nitrogen and oxygen atoms in total. The number of aromatic nitrogens is 2. The Balaban J connectivity index is 1.60. The lowest BCUT2D eigenvalue weighted by Gasteiger charge is -2.07. The Morgan fingerprint density at radius 3 is 2.64 bits per heavy atom. The topological polar surface area (TPSA) is 86.5 Å². The summed E-state index contributed by atoms with van der Waals surface area (Å²) in [5, 5.41) is 7.66. The number of rotatable bonds is 5. The number of carbonyl (C=O) groups excluding carboxylic acids is 1. The smallest absolute Gasteiger partial charge is 0.277 e. The third-order valence-corrected chi connectivity index (χ3v) is 4.29. The molecular weight excluding hydrogens is 358 g/mol. The van der Waals surface area contributed by atoms with Gasteiger partial charge in [0.1, 0.15) is 0 Å². The molecule has 0 aliphatic heterocycles. The minimum atomic E-state index is -0.381. The number of benzene rings is 2. The number of amides is 1. The summed E-state index contributed by atoms with van der Waals surface area (Å²) in [5.74, 6) is 1.23. The first-order valence-electron chi connectivity index (χ1n) is 8.54. The summed E-state index contributed by atoms with van der Waals surface area (Å²) >= 11 is 0. The summed E-state index contributed by atoms with van der Waals surface area (Å²) in [6.45, 7) is 0. The summed E-state index contributed by atoms with van der Waals surface area (Å²) in [6.07, 6.45) is 1.68. The van der Waals surface area contributed by atoms with Crippen LogP contribution in [0.1, 0.15) is 10.5 Å². The first kappa shape index (κ1) is 17.5. The molecule has 4 rings (SSSR count). The molecule has 2 aromatic carbocycles. The van der Waals surface area contributed by atoms with Crippen molar-refractivity contribution < 1.29 is 18.8 Å². The fourth-order valence-corrected chi connectivity index (χ4v) is 2.90. The molecule has 2 aromatic heterocycles. The van der Waals surface area contributed by atoms with Gasteiger partial charge in [-0.05, 0) is 30.3 Å². The Kier molecular flexibility index (Phi) is 4.63. The summed E-state index contributed by atoms with van der Waals surface area (Å²) in [6, 6.07) is 16.3. The molecule has 0 unspecified atom stereocenters. The number of ether oxygens (including phenoxy) is 2. The predicted molar refractivity (Wildman–Crippen MR) is 105 cm³/mol. The highest BCUT2D eigenvalue weighted by Gasteiger charge is 2.16. The van der Waals surface area contributed by atoms with Gasteiger partial charge in [-0.3, -0.25) is 9.78 Å². The standard InChI is InChI=1S/C21H17N3O4/c1-26-17-9-8-14(11-19(17)27-2)18-12-16(24-28-18)21(25)23-15-7-3-5-13-6-4-10-22-20(13)15/h3-12H,1-2H3,(H,23,25). The van der Waals surface area contributed by atoms with E-state index in [4.69, 9.17) is 14.0 Å². The highest BCUT2D eigenvalue weighted by Crippen LogP contribution is 2.32. The normalized spacial score (nSPS) is 10.6. The van der Waals surface area contributed by atoms with Gasteiger partial charge < -0.3 is 19.3 Å². The molecule has 7 heteroatoms. The fourth-order valence-electron chi connectivity index (χ4n) is 2.90. The number of hydrogen-bond acceptors (Lipinski definition) is 6. The third-order valence-electron chi connectivity index (χ3n) is 4.29. The van der Waals surface area contributed by atoms with Crippen LogP contribution in [-0.2, 0) is 0 Å². The molecule has 1 amide bonds. The molecule has 0 bridgehead atoms. The second-order valence-corrected chi connectivity index (χ2v) is 5.98. The Morgan fingerprint density at radius 2 is 1.82 bits per heavy atom. The van der Waals surface area contributed by atoms with Gasteiger partial charge in [-0.25, -0.2) is 0 Å². The number of methoxy groups -OCH3 is 2. The highest BCUT2D eigenvalue weighted by atomic mass is 16.5. The van der Waals surface area contributed by atoms with E-state index < -0.39 is 0 Å². The van der Waals surface area contributed by atoms with Gasteiger partial charge in [0.25, 0.3) is 5.91 Å². The number of carbonyl (C=O) groups is 1. The molecule has 4 aromatic rings. The van der Waals surface area contributed by atoms with Gasteiger partial charge in [0.15, 0.2) is 23.0 Å². The molecule has 0 aliphatic rings. The van der Waals surface area contributed by atoms with Gasteiger partial charge in [0.2, 0.25) is 0 Å². The molecule has 0 saturated carbocycles. The van der Waals surface area contributed by atoms with Gasteiger partial charge in [-0.15, -0.1) is 0 Å². The van der Waals surface area contributed by atoms with Crippen molar-refractivity contribution in [3.05, 3.63) is 66.5 Å². The first-order valence-corrected chi connectivity index (χ1v) is 8.54. The van der Waals surface area contributed by atoms with E-state index in [0.717, 1.165) is 10.9 Å². The lowest BCUT2D eigenvalue weighted by atomic mass is 10.1. The van der Waals surface area contributed by atoms with E-state index in [0.29, 0.717) is 28.5 Å². The van der Waals surface area contributed by atoms with Crippen LogP contribution in [-0.4, -0.2) is 30.3 Å². The van der Waals surface area contributed by atoms with Crippen LogP contribution in [0, 0.1) is 0 Å². The van der Waals surface area contributed by atoms with Crippen LogP contribution in [0.3, 0.4) is 0 Å². The molecule has 0 atom stereocenters. The molecule has 0 fully saturated rings. The van der Waals surface area contributed by atoms with Crippen LogP contribution >= 0.6 is 0 Å². The van der Waals surface area contributed by atoms with Gasteiger partial charge >= 0.3 is 0 Å². The van der Waals surface area contributed by atoms with Crippen molar-refractivity contribution >= 4 is 22.5 Å². The molecule has 28 heavy (non-hydrogen) atoms. The number of nitrogens with zero attached hydrogens (tertiary/aromatic N) is 2. The Labute approximate surface area is 160 Å². The number of nitrogens with one attached hydrogen (secondary N) is 1. The summed E-state index contributed by atoms with van der Waals surface area (Å²) in [4.78, 5) is 17.0. The fraction of sp³-hybridized carbons (Fsp3) is 0.0952. The summed E-state index contributed by atoms with van der Waals surface area (Å²) in [5.41, 5.74) is 2.20. The first-order chi connectivity index (χ1) is 13.7. The maximum atomic E-state index is 12.6. The molecular formula is C21H17N3O4. The Morgan fingerprint density at radius 1 is 1.00 bits per heavy atom. The molecule has 1 N–H and O–H groups in total. The van der Waals surface area contributed by atoms with Crippen molar-refractivity contribution in [2.45, 2.75) is 0 Å².